The lowest BCUT2D eigenvalue weighted by atomic mass is 9.89. The summed E-state index contributed by atoms with van der Waals surface area (Å²) in [5.41, 5.74) is 2.59. The first-order valence-electron chi connectivity index (χ1n) is 11.7. The lowest BCUT2D eigenvalue weighted by Crippen LogP contribution is -2.37. The summed E-state index contributed by atoms with van der Waals surface area (Å²) in [5.74, 6) is 1.92. The molecule has 0 radical (unpaired) electrons. The molecule has 1 aliphatic rings. The Morgan fingerprint density at radius 3 is 2.38 bits per heavy atom. The number of nitrogens with zero attached hydrogens (tertiary/aromatic N) is 4. The van der Waals surface area contributed by atoms with Crippen molar-refractivity contribution in [2.24, 2.45) is 5.92 Å². The second-order valence-corrected chi connectivity index (χ2v) is 9.89. The normalized spacial score (nSPS) is 16.2. The van der Waals surface area contributed by atoms with Crippen LogP contribution in [0, 0.1) is 5.92 Å². The van der Waals surface area contributed by atoms with Gasteiger partial charge in [0, 0.05) is 0 Å². The second kappa shape index (κ2) is 9.08. The molecule has 4 heterocycles. The summed E-state index contributed by atoms with van der Waals surface area (Å²) in [6.07, 6.45) is 5.01. The largest absolute Gasteiger partial charge is 0.492 e. The Hall–Kier alpha value is -3.42. The van der Waals surface area contributed by atoms with Crippen molar-refractivity contribution in [3.8, 4) is 17.5 Å². The Balaban J connectivity index is 1.28. The topological polar surface area (TPSA) is 66.8 Å². The van der Waals surface area contributed by atoms with E-state index in [1.165, 1.54) is 27.0 Å². The number of aromatic nitrogens is 3. The molecule has 3 aromatic heterocycles. The van der Waals surface area contributed by atoms with Crippen LogP contribution in [0.1, 0.15) is 34.9 Å². The molecule has 6 nitrogen and oxygen atoms in total. The zero-order valence-electron chi connectivity index (χ0n) is 18.7. The molecule has 1 aliphatic heterocycles. The number of likely N-dealkylation sites (tertiary alicyclic amines) is 1. The molecule has 6 rings (SSSR count). The van der Waals surface area contributed by atoms with Gasteiger partial charge in [0.05, 0.1) is 17.2 Å². The van der Waals surface area contributed by atoms with Crippen LogP contribution in [0.15, 0.2) is 83.5 Å². The van der Waals surface area contributed by atoms with Crippen LogP contribution in [0.4, 0.5) is 0 Å². The Morgan fingerprint density at radius 2 is 1.71 bits per heavy atom. The minimum absolute atomic E-state index is 0.0283. The predicted octanol–water partition coefficient (Wildman–Crippen LogP) is 5.80. The number of furan rings is 1. The highest BCUT2D eigenvalue weighted by molar-refractivity contribution is 7.17. The second-order valence-electron chi connectivity index (χ2n) is 8.88. The maximum absolute atomic E-state index is 11.2. The predicted molar refractivity (Wildman–Crippen MR) is 133 cm³/mol. The Kier molecular flexibility index (Phi) is 5.65. The van der Waals surface area contributed by atoms with Crippen molar-refractivity contribution in [3.05, 3.63) is 95.1 Å². The standard InChI is InChI=1S/C27H26N4O2S/c32-26-24(34-27-28-25(29-31(26)27)22-12-7-17-33-22)23(21-10-5-2-6-11-21)30-15-13-20(14-16-30)18-19-8-3-1-4-9-19/h1-12,17,20,23,32H,13-16,18H2/t23-/m1/s1. The molecular weight excluding hydrogens is 444 g/mol. The van der Waals surface area contributed by atoms with Gasteiger partial charge in [0.1, 0.15) is 0 Å². The van der Waals surface area contributed by atoms with Gasteiger partial charge in [-0.15, -0.1) is 5.10 Å². The third kappa shape index (κ3) is 4.02. The lowest BCUT2D eigenvalue weighted by molar-refractivity contribution is 0.150. The molecule has 34 heavy (non-hydrogen) atoms. The van der Waals surface area contributed by atoms with Crippen molar-refractivity contribution in [2.45, 2.75) is 25.3 Å². The number of hydrogen-bond donors (Lipinski definition) is 1. The molecule has 1 saturated heterocycles. The van der Waals surface area contributed by atoms with Crippen molar-refractivity contribution >= 4 is 16.3 Å². The van der Waals surface area contributed by atoms with Gasteiger partial charge >= 0.3 is 0 Å². The Morgan fingerprint density at radius 1 is 0.971 bits per heavy atom. The molecule has 1 N–H and O–H groups in total. The molecule has 0 spiro atoms. The maximum Gasteiger partial charge on any atom is 0.230 e. The fourth-order valence-electron chi connectivity index (χ4n) is 4.96. The van der Waals surface area contributed by atoms with Crippen LogP contribution < -0.4 is 0 Å². The van der Waals surface area contributed by atoms with Crippen LogP contribution >= 0.6 is 11.3 Å². The van der Waals surface area contributed by atoms with Gasteiger partial charge < -0.3 is 9.52 Å². The van der Waals surface area contributed by atoms with E-state index in [9.17, 15) is 5.11 Å². The van der Waals surface area contributed by atoms with Crippen LogP contribution in [0.5, 0.6) is 5.88 Å². The molecule has 0 unspecified atom stereocenters. The molecular formula is C27H26N4O2S. The lowest BCUT2D eigenvalue weighted by Gasteiger charge is -2.37. The number of piperidine rings is 1. The summed E-state index contributed by atoms with van der Waals surface area (Å²) >= 11 is 1.50. The summed E-state index contributed by atoms with van der Waals surface area (Å²) in [6, 6.07) is 24.8. The highest BCUT2D eigenvalue weighted by Gasteiger charge is 2.32. The van der Waals surface area contributed by atoms with Crippen molar-refractivity contribution < 1.29 is 9.52 Å². The minimum atomic E-state index is -0.0283. The SMILES string of the molecule is Oc1c([C@@H](c2ccccc2)N2CCC(Cc3ccccc3)CC2)sc2nc(-c3ccco3)nn12. The fourth-order valence-corrected chi connectivity index (χ4v) is 6.08. The molecule has 1 fully saturated rings. The van der Waals surface area contributed by atoms with Gasteiger partial charge in [0.2, 0.25) is 16.7 Å². The molecule has 2 aromatic carbocycles. The van der Waals surface area contributed by atoms with E-state index in [4.69, 9.17) is 4.42 Å². The van der Waals surface area contributed by atoms with Crippen LogP contribution in [-0.4, -0.2) is 37.7 Å². The molecule has 5 aromatic rings. The van der Waals surface area contributed by atoms with Gasteiger partial charge in [-0.2, -0.15) is 9.50 Å². The van der Waals surface area contributed by atoms with E-state index in [1.807, 2.05) is 18.2 Å². The molecule has 7 heteroatoms. The van der Waals surface area contributed by atoms with Crippen LogP contribution in [0.3, 0.4) is 0 Å². The quantitative estimate of drug-likeness (QED) is 0.340. The summed E-state index contributed by atoms with van der Waals surface area (Å²) in [4.78, 5) is 8.66. The Labute approximate surface area is 202 Å². The molecule has 172 valence electrons. The monoisotopic (exact) mass is 470 g/mol. The van der Waals surface area contributed by atoms with Crippen molar-refractivity contribution in [1.82, 2.24) is 19.5 Å². The van der Waals surface area contributed by atoms with Crippen molar-refractivity contribution in [1.29, 1.82) is 0 Å². The van der Waals surface area contributed by atoms with Gasteiger partial charge in [0.25, 0.3) is 0 Å². The van der Waals surface area contributed by atoms with Crippen LogP contribution in [-0.2, 0) is 6.42 Å². The van der Waals surface area contributed by atoms with Gasteiger partial charge in [-0.25, -0.2) is 0 Å². The zero-order valence-corrected chi connectivity index (χ0v) is 19.6. The minimum Gasteiger partial charge on any atom is -0.492 e. The van der Waals surface area contributed by atoms with E-state index >= 15 is 0 Å². The van der Waals surface area contributed by atoms with E-state index < -0.39 is 0 Å². The van der Waals surface area contributed by atoms with Gasteiger partial charge in [-0.3, -0.25) is 4.90 Å². The van der Waals surface area contributed by atoms with Crippen LogP contribution in [0.2, 0.25) is 0 Å². The summed E-state index contributed by atoms with van der Waals surface area (Å²) < 4.78 is 6.97. The van der Waals surface area contributed by atoms with Crippen molar-refractivity contribution in [3.63, 3.8) is 0 Å². The summed E-state index contributed by atoms with van der Waals surface area (Å²) in [7, 11) is 0. The molecule has 0 amide bonds. The zero-order chi connectivity index (χ0) is 22.9. The van der Waals surface area contributed by atoms with Crippen LogP contribution in [0.25, 0.3) is 16.5 Å². The molecule has 0 aliphatic carbocycles. The first-order chi connectivity index (χ1) is 16.8. The van der Waals surface area contributed by atoms with E-state index in [0.717, 1.165) is 37.2 Å². The maximum atomic E-state index is 11.2. The number of aromatic hydroxyl groups is 1. The van der Waals surface area contributed by atoms with Crippen molar-refractivity contribution in [2.75, 3.05) is 13.1 Å². The first-order valence-corrected chi connectivity index (χ1v) is 12.5. The first kappa shape index (κ1) is 21.1. The molecule has 1 atom stereocenters. The summed E-state index contributed by atoms with van der Waals surface area (Å²) in [5, 5.41) is 15.7. The van der Waals surface area contributed by atoms with Gasteiger partial charge in [-0.1, -0.05) is 72.0 Å². The fraction of sp³-hybridized carbons (Fsp3) is 0.259. The highest BCUT2D eigenvalue weighted by atomic mass is 32.1. The van der Waals surface area contributed by atoms with Gasteiger partial charge in [0.15, 0.2) is 5.76 Å². The third-order valence-electron chi connectivity index (χ3n) is 6.69. The number of benzene rings is 2. The number of hydrogen-bond acceptors (Lipinski definition) is 6. The molecule has 0 bridgehead atoms. The summed E-state index contributed by atoms with van der Waals surface area (Å²) in [6.45, 7) is 1.98. The van der Waals surface area contributed by atoms with E-state index in [0.29, 0.717) is 22.5 Å². The molecule has 0 saturated carbocycles. The Bertz CT molecular complexity index is 1350. The number of rotatable bonds is 6. The average molecular weight is 471 g/mol. The van der Waals surface area contributed by atoms with E-state index in [-0.39, 0.29) is 11.9 Å². The number of fused-ring (bicyclic) bond motifs is 1. The van der Waals surface area contributed by atoms with Gasteiger partial charge in [-0.05, 0) is 61.5 Å². The smallest absolute Gasteiger partial charge is 0.230 e. The number of thiazole rings is 1. The van der Waals surface area contributed by atoms with E-state index in [2.05, 4.69) is 69.6 Å². The highest BCUT2D eigenvalue weighted by Crippen LogP contribution is 2.42. The van der Waals surface area contributed by atoms with E-state index in [1.54, 1.807) is 6.26 Å². The third-order valence-corrected chi connectivity index (χ3v) is 7.76. The average Bonchev–Trinajstić information content (AvgIpc) is 3.61.